The van der Waals surface area contributed by atoms with Crippen LogP contribution in [0.5, 0.6) is 0 Å². The van der Waals surface area contributed by atoms with Gasteiger partial charge in [0.15, 0.2) is 0 Å². The minimum atomic E-state index is -2.40. The third-order valence-electron chi connectivity index (χ3n) is 5.51. The summed E-state index contributed by atoms with van der Waals surface area (Å²) in [4.78, 5) is 4.69. The van der Waals surface area contributed by atoms with Crippen LogP contribution in [0.25, 0.3) is 0 Å². The van der Waals surface area contributed by atoms with E-state index in [1.54, 1.807) is 12.1 Å². The highest BCUT2D eigenvalue weighted by atomic mass is 19.3. The van der Waals surface area contributed by atoms with E-state index < -0.39 is 6.43 Å². The first kappa shape index (κ1) is 19.8. The van der Waals surface area contributed by atoms with Crippen LogP contribution in [0.1, 0.15) is 42.0 Å². The second-order valence-corrected chi connectivity index (χ2v) is 7.49. The van der Waals surface area contributed by atoms with Crippen molar-refractivity contribution < 1.29 is 8.78 Å². The van der Waals surface area contributed by atoms with Crippen molar-refractivity contribution in [1.82, 2.24) is 4.90 Å². The van der Waals surface area contributed by atoms with Gasteiger partial charge in [0.25, 0.3) is 6.43 Å². The predicted molar refractivity (Wildman–Crippen MR) is 109 cm³/mol. The summed E-state index contributed by atoms with van der Waals surface area (Å²) in [6, 6.07) is 13.7. The van der Waals surface area contributed by atoms with Crippen LogP contribution in [0, 0.1) is 6.92 Å². The SMILES string of the molecule is CCCc1cc(CCN2CCN(c3cccc(C(F)F)c3)CC2)ccc1C. The Morgan fingerprint density at radius 3 is 2.44 bits per heavy atom. The molecule has 0 unspecified atom stereocenters. The van der Waals surface area contributed by atoms with Crippen LogP contribution in [0.2, 0.25) is 0 Å². The first-order valence-electron chi connectivity index (χ1n) is 10.0. The highest BCUT2D eigenvalue weighted by molar-refractivity contribution is 5.49. The Kier molecular flexibility index (Phi) is 6.84. The number of hydrogen-bond donors (Lipinski definition) is 0. The molecule has 2 nitrogen and oxygen atoms in total. The molecule has 2 aromatic carbocycles. The maximum absolute atomic E-state index is 12.9. The topological polar surface area (TPSA) is 6.48 Å². The number of piperazine rings is 1. The molecular formula is C23H30F2N2. The fraction of sp³-hybridized carbons (Fsp3) is 0.478. The van der Waals surface area contributed by atoms with Crippen molar-refractivity contribution in [2.75, 3.05) is 37.6 Å². The molecule has 27 heavy (non-hydrogen) atoms. The number of rotatable bonds is 7. The highest BCUT2D eigenvalue weighted by Gasteiger charge is 2.18. The van der Waals surface area contributed by atoms with Crippen molar-refractivity contribution in [2.45, 2.75) is 39.5 Å². The summed E-state index contributed by atoms with van der Waals surface area (Å²) in [5, 5.41) is 0. The van der Waals surface area contributed by atoms with E-state index in [1.165, 1.54) is 29.2 Å². The van der Waals surface area contributed by atoms with E-state index in [1.807, 2.05) is 6.07 Å². The molecule has 4 heteroatoms. The average Bonchev–Trinajstić information content (AvgIpc) is 2.69. The van der Waals surface area contributed by atoms with Gasteiger partial charge in [-0.05, 0) is 48.6 Å². The predicted octanol–water partition coefficient (Wildman–Crippen LogP) is 5.25. The van der Waals surface area contributed by atoms with Crippen LogP contribution in [0.15, 0.2) is 42.5 Å². The van der Waals surface area contributed by atoms with E-state index >= 15 is 0 Å². The molecule has 0 amide bonds. The van der Waals surface area contributed by atoms with Crippen LogP contribution >= 0.6 is 0 Å². The minimum Gasteiger partial charge on any atom is -0.369 e. The summed E-state index contributed by atoms with van der Waals surface area (Å²) >= 11 is 0. The van der Waals surface area contributed by atoms with E-state index in [-0.39, 0.29) is 5.56 Å². The van der Waals surface area contributed by atoms with Gasteiger partial charge < -0.3 is 4.90 Å². The number of alkyl halides is 2. The molecule has 1 fully saturated rings. The van der Waals surface area contributed by atoms with Crippen molar-refractivity contribution >= 4 is 5.69 Å². The zero-order valence-corrected chi connectivity index (χ0v) is 16.4. The Labute approximate surface area is 161 Å². The van der Waals surface area contributed by atoms with Gasteiger partial charge in [-0.15, -0.1) is 0 Å². The average molecular weight is 373 g/mol. The Balaban J connectivity index is 1.51. The standard InChI is InChI=1S/C23H30F2N2/c1-3-5-20-16-19(9-8-18(20)2)10-11-26-12-14-27(15-13-26)22-7-4-6-21(17-22)23(24)25/h4,6-9,16-17,23H,3,5,10-15H2,1-2H3. The van der Waals surface area contributed by atoms with Crippen molar-refractivity contribution in [3.8, 4) is 0 Å². The number of nitrogens with zero attached hydrogens (tertiary/aromatic N) is 2. The first-order valence-corrected chi connectivity index (χ1v) is 10.0. The lowest BCUT2D eigenvalue weighted by molar-refractivity contribution is 0.151. The summed E-state index contributed by atoms with van der Waals surface area (Å²) in [5.74, 6) is 0. The minimum absolute atomic E-state index is 0.109. The molecule has 0 spiro atoms. The molecule has 0 aromatic heterocycles. The van der Waals surface area contributed by atoms with E-state index in [9.17, 15) is 8.78 Å². The van der Waals surface area contributed by atoms with Crippen LogP contribution < -0.4 is 4.90 Å². The van der Waals surface area contributed by atoms with Crippen LogP contribution in [-0.2, 0) is 12.8 Å². The monoisotopic (exact) mass is 372 g/mol. The van der Waals surface area contributed by atoms with Gasteiger partial charge in [-0.1, -0.05) is 43.7 Å². The molecule has 0 radical (unpaired) electrons. The number of benzene rings is 2. The van der Waals surface area contributed by atoms with E-state index in [0.29, 0.717) is 0 Å². The molecule has 0 bridgehead atoms. The largest absolute Gasteiger partial charge is 0.369 e. The van der Waals surface area contributed by atoms with Crippen molar-refractivity contribution in [1.29, 1.82) is 0 Å². The van der Waals surface area contributed by atoms with Gasteiger partial charge in [0.2, 0.25) is 0 Å². The smallest absolute Gasteiger partial charge is 0.263 e. The second kappa shape index (κ2) is 9.32. The molecular weight excluding hydrogens is 342 g/mol. The zero-order chi connectivity index (χ0) is 19.2. The number of hydrogen-bond acceptors (Lipinski definition) is 2. The Morgan fingerprint density at radius 2 is 1.74 bits per heavy atom. The zero-order valence-electron chi connectivity index (χ0n) is 16.4. The first-order chi connectivity index (χ1) is 13.1. The highest BCUT2D eigenvalue weighted by Crippen LogP contribution is 2.24. The summed E-state index contributed by atoms with van der Waals surface area (Å²) in [6.45, 7) is 9.21. The van der Waals surface area contributed by atoms with Gasteiger partial charge in [0.1, 0.15) is 0 Å². The molecule has 0 atom stereocenters. The summed E-state index contributed by atoms with van der Waals surface area (Å²) in [7, 11) is 0. The number of halogens is 2. The van der Waals surface area contributed by atoms with Crippen molar-refractivity contribution in [3.63, 3.8) is 0 Å². The normalized spacial score (nSPS) is 15.5. The Bertz CT molecular complexity index is 737. The summed E-state index contributed by atoms with van der Waals surface area (Å²) in [5.41, 5.74) is 5.29. The third kappa shape index (κ3) is 5.29. The fourth-order valence-corrected chi connectivity index (χ4v) is 3.79. The Morgan fingerprint density at radius 1 is 0.963 bits per heavy atom. The number of anilines is 1. The molecule has 2 aromatic rings. The maximum Gasteiger partial charge on any atom is 0.263 e. The van der Waals surface area contributed by atoms with Crippen LogP contribution in [-0.4, -0.2) is 37.6 Å². The molecule has 1 heterocycles. The van der Waals surface area contributed by atoms with Gasteiger partial charge >= 0.3 is 0 Å². The number of aryl methyl sites for hydroxylation is 2. The van der Waals surface area contributed by atoms with E-state index in [2.05, 4.69) is 41.8 Å². The maximum atomic E-state index is 12.9. The van der Waals surface area contributed by atoms with Gasteiger partial charge in [-0.3, -0.25) is 4.90 Å². The molecule has 1 saturated heterocycles. The van der Waals surface area contributed by atoms with Gasteiger partial charge in [-0.2, -0.15) is 0 Å². The Hall–Kier alpha value is -1.94. The molecule has 0 N–H and O–H groups in total. The van der Waals surface area contributed by atoms with Gasteiger partial charge in [-0.25, -0.2) is 8.78 Å². The lowest BCUT2D eigenvalue weighted by Crippen LogP contribution is -2.47. The van der Waals surface area contributed by atoms with E-state index in [0.717, 1.165) is 51.3 Å². The molecule has 3 rings (SSSR count). The molecule has 1 aliphatic rings. The third-order valence-corrected chi connectivity index (χ3v) is 5.51. The molecule has 1 aliphatic heterocycles. The summed E-state index contributed by atoms with van der Waals surface area (Å²) in [6.07, 6.45) is 0.991. The van der Waals surface area contributed by atoms with E-state index in [4.69, 9.17) is 0 Å². The lowest BCUT2D eigenvalue weighted by Gasteiger charge is -2.36. The molecule has 0 aliphatic carbocycles. The lowest BCUT2D eigenvalue weighted by atomic mass is 9.99. The van der Waals surface area contributed by atoms with Crippen LogP contribution in [0.3, 0.4) is 0 Å². The molecule has 146 valence electrons. The van der Waals surface area contributed by atoms with Crippen molar-refractivity contribution in [3.05, 3.63) is 64.7 Å². The summed E-state index contributed by atoms with van der Waals surface area (Å²) < 4.78 is 25.8. The van der Waals surface area contributed by atoms with Gasteiger partial charge in [0, 0.05) is 44.0 Å². The molecule has 0 saturated carbocycles. The second-order valence-electron chi connectivity index (χ2n) is 7.49. The quantitative estimate of drug-likeness (QED) is 0.655. The van der Waals surface area contributed by atoms with Gasteiger partial charge in [0.05, 0.1) is 0 Å². The van der Waals surface area contributed by atoms with Crippen molar-refractivity contribution in [2.24, 2.45) is 0 Å². The van der Waals surface area contributed by atoms with Crippen LogP contribution in [0.4, 0.5) is 14.5 Å². The fourth-order valence-electron chi connectivity index (χ4n) is 3.79.